The molecule has 0 fully saturated rings. The van der Waals surface area contributed by atoms with Crippen molar-refractivity contribution < 1.29 is 14.3 Å². The first-order valence-corrected chi connectivity index (χ1v) is 7.24. The lowest BCUT2D eigenvalue weighted by molar-refractivity contribution is -0.114. The summed E-state index contributed by atoms with van der Waals surface area (Å²) < 4.78 is 4.65. The molecule has 6 heteroatoms. The molecule has 1 aromatic heterocycles. The molecule has 0 aliphatic heterocycles. The normalized spacial score (nSPS) is 10.0. The van der Waals surface area contributed by atoms with Gasteiger partial charge >= 0.3 is 5.97 Å². The predicted octanol–water partition coefficient (Wildman–Crippen LogP) is 3.11. The first-order valence-electron chi connectivity index (χ1n) is 6.36. The fourth-order valence-electron chi connectivity index (χ4n) is 1.80. The van der Waals surface area contributed by atoms with Crippen LogP contribution in [-0.2, 0) is 16.1 Å². The summed E-state index contributed by atoms with van der Waals surface area (Å²) in [6.45, 7) is 2.09. The Balaban J connectivity index is 1.98. The van der Waals surface area contributed by atoms with Crippen LogP contribution in [0.1, 0.15) is 22.2 Å². The SMILES string of the molecule is COC(=O)c1ccc(NCc2sccc2NC(C)=O)cc1. The molecular formula is C15H16N2O3S. The van der Waals surface area contributed by atoms with Gasteiger partial charge < -0.3 is 15.4 Å². The van der Waals surface area contributed by atoms with E-state index in [4.69, 9.17) is 0 Å². The van der Waals surface area contributed by atoms with E-state index in [9.17, 15) is 9.59 Å². The first kappa shape index (κ1) is 15.1. The molecule has 5 nitrogen and oxygen atoms in total. The van der Waals surface area contributed by atoms with Crippen LogP contribution in [0.5, 0.6) is 0 Å². The van der Waals surface area contributed by atoms with Crippen LogP contribution in [0.2, 0.25) is 0 Å². The highest BCUT2D eigenvalue weighted by atomic mass is 32.1. The minimum atomic E-state index is -0.354. The van der Waals surface area contributed by atoms with Gasteiger partial charge in [0, 0.05) is 17.5 Å². The third-order valence-electron chi connectivity index (χ3n) is 2.82. The molecular weight excluding hydrogens is 288 g/mol. The smallest absolute Gasteiger partial charge is 0.337 e. The van der Waals surface area contributed by atoms with Crippen molar-refractivity contribution in [1.82, 2.24) is 0 Å². The van der Waals surface area contributed by atoms with E-state index >= 15 is 0 Å². The molecule has 2 N–H and O–H groups in total. The van der Waals surface area contributed by atoms with E-state index in [0.717, 1.165) is 16.3 Å². The highest BCUT2D eigenvalue weighted by Crippen LogP contribution is 2.23. The maximum absolute atomic E-state index is 11.3. The Morgan fingerprint density at radius 2 is 1.90 bits per heavy atom. The molecule has 21 heavy (non-hydrogen) atoms. The van der Waals surface area contributed by atoms with Gasteiger partial charge in [-0.1, -0.05) is 0 Å². The minimum Gasteiger partial charge on any atom is -0.465 e. The van der Waals surface area contributed by atoms with E-state index in [1.165, 1.54) is 14.0 Å². The van der Waals surface area contributed by atoms with E-state index in [1.807, 2.05) is 23.6 Å². The number of methoxy groups -OCH3 is 1. The molecule has 0 saturated heterocycles. The van der Waals surface area contributed by atoms with Crippen LogP contribution in [0.25, 0.3) is 0 Å². The number of thiophene rings is 1. The van der Waals surface area contributed by atoms with Gasteiger partial charge in [-0.3, -0.25) is 4.79 Å². The molecule has 0 aliphatic rings. The van der Waals surface area contributed by atoms with Gasteiger partial charge in [0.15, 0.2) is 0 Å². The number of esters is 1. The maximum Gasteiger partial charge on any atom is 0.337 e. The number of amides is 1. The van der Waals surface area contributed by atoms with Crippen molar-refractivity contribution in [2.45, 2.75) is 13.5 Å². The van der Waals surface area contributed by atoms with Crippen molar-refractivity contribution in [3.8, 4) is 0 Å². The molecule has 1 amide bonds. The Labute approximate surface area is 126 Å². The zero-order chi connectivity index (χ0) is 15.2. The summed E-state index contributed by atoms with van der Waals surface area (Å²) in [6, 6.07) is 8.92. The molecule has 0 saturated carbocycles. The van der Waals surface area contributed by atoms with Crippen molar-refractivity contribution in [2.75, 3.05) is 17.7 Å². The monoisotopic (exact) mass is 304 g/mol. The number of hydrogen-bond acceptors (Lipinski definition) is 5. The Kier molecular flexibility index (Phi) is 4.94. The number of ether oxygens (including phenoxy) is 1. The highest BCUT2D eigenvalue weighted by Gasteiger charge is 2.07. The molecule has 0 aliphatic carbocycles. The number of carbonyl (C=O) groups is 2. The van der Waals surface area contributed by atoms with E-state index < -0.39 is 0 Å². The summed E-state index contributed by atoms with van der Waals surface area (Å²) in [5, 5.41) is 7.98. The van der Waals surface area contributed by atoms with E-state index in [2.05, 4.69) is 15.4 Å². The number of benzene rings is 1. The quantitative estimate of drug-likeness (QED) is 0.833. The van der Waals surface area contributed by atoms with Gasteiger partial charge in [0.25, 0.3) is 0 Å². The largest absolute Gasteiger partial charge is 0.465 e. The second-order valence-electron chi connectivity index (χ2n) is 4.36. The Hall–Kier alpha value is -2.34. The zero-order valence-corrected chi connectivity index (χ0v) is 12.6. The number of hydrogen-bond donors (Lipinski definition) is 2. The average Bonchev–Trinajstić information content (AvgIpc) is 2.91. The van der Waals surface area contributed by atoms with Crippen LogP contribution >= 0.6 is 11.3 Å². The zero-order valence-electron chi connectivity index (χ0n) is 11.8. The molecule has 0 atom stereocenters. The summed E-state index contributed by atoms with van der Waals surface area (Å²) in [5.74, 6) is -0.440. The first-order chi connectivity index (χ1) is 10.1. The third-order valence-corrected chi connectivity index (χ3v) is 3.74. The summed E-state index contributed by atoms with van der Waals surface area (Å²) in [5.41, 5.74) is 2.23. The van der Waals surface area contributed by atoms with Crippen LogP contribution < -0.4 is 10.6 Å². The lowest BCUT2D eigenvalue weighted by Crippen LogP contribution is -2.08. The summed E-state index contributed by atoms with van der Waals surface area (Å²) in [4.78, 5) is 23.5. The second kappa shape index (κ2) is 6.90. The highest BCUT2D eigenvalue weighted by molar-refractivity contribution is 7.10. The molecule has 0 bridgehead atoms. The summed E-state index contributed by atoms with van der Waals surface area (Å²) >= 11 is 1.57. The lowest BCUT2D eigenvalue weighted by Gasteiger charge is -2.08. The van der Waals surface area contributed by atoms with Crippen LogP contribution in [0, 0.1) is 0 Å². The summed E-state index contributed by atoms with van der Waals surface area (Å²) in [7, 11) is 1.36. The molecule has 2 rings (SSSR count). The standard InChI is InChI=1S/C15H16N2O3S/c1-10(18)17-13-7-8-21-14(13)9-16-12-5-3-11(4-6-12)15(19)20-2/h3-8,16H,9H2,1-2H3,(H,17,18). The number of carbonyl (C=O) groups excluding carboxylic acids is 2. The van der Waals surface area contributed by atoms with E-state index in [0.29, 0.717) is 12.1 Å². The Bertz CT molecular complexity index is 635. The minimum absolute atomic E-state index is 0.0860. The van der Waals surface area contributed by atoms with E-state index in [-0.39, 0.29) is 11.9 Å². The lowest BCUT2D eigenvalue weighted by atomic mass is 10.2. The number of nitrogens with one attached hydrogen (secondary N) is 2. The Morgan fingerprint density at radius 3 is 2.52 bits per heavy atom. The predicted molar refractivity (Wildman–Crippen MR) is 83.7 cm³/mol. The molecule has 0 radical (unpaired) electrons. The number of anilines is 2. The molecule has 1 aromatic carbocycles. The number of rotatable bonds is 5. The van der Waals surface area contributed by atoms with Crippen LogP contribution in [0.15, 0.2) is 35.7 Å². The van der Waals surface area contributed by atoms with Gasteiger partial charge in [-0.05, 0) is 35.7 Å². The molecule has 0 unspecified atom stereocenters. The fourth-order valence-corrected chi connectivity index (χ4v) is 2.57. The molecule has 2 aromatic rings. The molecule has 110 valence electrons. The van der Waals surface area contributed by atoms with Gasteiger partial charge in [-0.15, -0.1) is 11.3 Å². The van der Waals surface area contributed by atoms with Crippen molar-refractivity contribution in [1.29, 1.82) is 0 Å². The van der Waals surface area contributed by atoms with Crippen LogP contribution in [0.4, 0.5) is 11.4 Å². The van der Waals surface area contributed by atoms with Gasteiger partial charge in [-0.25, -0.2) is 4.79 Å². The fraction of sp³-hybridized carbons (Fsp3) is 0.200. The van der Waals surface area contributed by atoms with Crippen LogP contribution in [-0.4, -0.2) is 19.0 Å². The molecule has 1 heterocycles. The van der Waals surface area contributed by atoms with Gasteiger partial charge in [-0.2, -0.15) is 0 Å². The van der Waals surface area contributed by atoms with Crippen molar-refractivity contribution >= 4 is 34.6 Å². The Morgan fingerprint density at radius 1 is 1.19 bits per heavy atom. The van der Waals surface area contributed by atoms with Gasteiger partial charge in [0.05, 0.1) is 24.9 Å². The van der Waals surface area contributed by atoms with Crippen LogP contribution in [0.3, 0.4) is 0 Å². The van der Waals surface area contributed by atoms with Gasteiger partial charge in [0.2, 0.25) is 5.91 Å². The summed E-state index contributed by atoms with van der Waals surface area (Å²) in [6.07, 6.45) is 0. The van der Waals surface area contributed by atoms with Crippen molar-refractivity contribution in [3.05, 3.63) is 46.2 Å². The van der Waals surface area contributed by atoms with Gasteiger partial charge in [0.1, 0.15) is 0 Å². The second-order valence-corrected chi connectivity index (χ2v) is 5.36. The van der Waals surface area contributed by atoms with Crippen molar-refractivity contribution in [3.63, 3.8) is 0 Å². The average molecular weight is 304 g/mol. The molecule has 0 spiro atoms. The maximum atomic E-state index is 11.3. The topological polar surface area (TPSA) is 67.4 Å². The third kappa shape index (κ3) is 4.06. The van der Waals surface area contributed by atoms with E-state index in [1.54, 1.807) is 23.5 Å². The van der Waals surface area contributed by atoms with Crippen molar-refractivity contribution in [2.24, 2.45) is 0 Å².